The molecule has 0 spiro atoms. The fourth-order valence-electron chi connectivity index (χ4n) is 2.08. The molecular weight excluding hydrogens is 302 g/mol. The Bertz CT molecular complexity index is 756. The van der Waals surface area contributed by atoms with Gasteiger partial charge in [-0.25, -0.2) is 0 Å². The zero-order valence-electron chi connectivity index (χ0n) is 11.9. The molecule has 0 fully saturated rings. The van der Waals surface area contributed by atoms with Crippen molar-refractivity contribution < 1.29 is 14.3 Å². The minimum Gasteiger partial charge on any atom is -0.454 e. The van der Waals surface area contributed by atoms with Gasteiger partial charge in [-0.05, 0) is 48.4 Å². The van der Waals surface area contributed by atoms with E-state index in [0.29, 0.717) is 22.2 Å². The predicted octanol–water partition coefficient (Wildman–Crippen LogP) is 4.03. The van der Waals surface area contributed by atoms with E-state index in [2.05, 4.69) is 5.32 Å². The van der Waals surface area contributed by atoms with Gasteiger partial charge in [0.15, 0.2) is 11.5 Å². The van der Waals surface area contributed by atoms with E-state index in [9.17, 15) is 4.79 Å². The first-order valence-electron chi connectivity index (χ1n) is 6.77. The molecule has 5 heteroatoms. The number of rotatable bonds is 3. The summed E-state index contributed by atoms with van der Waals surface area (Å²) in [6.45, 7) is 2.17. The van der Waals surface area contributed by atoms with Crippen molar-refractivity contribution in [2.45, 2.75) is 6.92 Å². The fourth-order valence-corrected chi connectivity index (χ4v) is 2.37. The average molecular weight is 316 g/mol. The van der Waals surface area contributed by atoms with Crippen LogP contribution in [0, 0.1) is 6.92 Å². The fraction of sp³-hybridized carbons (Fsp3) is 0.118. The molecule has 0 bridgehead atoms. The van der Waals surface area contributed by atoms with Crippen LogP contribution in [0.15, 0.2) is 42.5 Å². The Morgan fingerprint density at radius 2 is 2.00 bits per heavy atom. The number of carbonyl (C=O) groups is 1. The Morgan fingerprint density at radius 1 is 1.18 bits per heavy atom. The molecule has 1 heterocycles. The van der Waals surface area contributed by atoms with Crippen molar-refractivity contribution in [3.63, 3.8) is 0 Å². The normalized spacial score (nSPS) is 12.6. The molecule has 1 amide bonds. The second-order valence-corrected chi connectivity index (χ2v) is 5.33. The van der Waals surface area contributed by atoms with E-state index < -0.39 is 0 Å². The smallest absolute Gasteiger partial charge is 0.248 e. The maximum Gasteiger partial charge on any atom is 0.248 e. The zero-order valence-corrected chi connectivity index (χ0v) is 12.7. The molecule has 2 aromatic carbocycles. The number of anilines is 1. The second kappa shape index (κ2) is 6.12. The Labute approximate surface area is 133 Å². The number of benzene rings is 2. The highest BCUT2D eigenvalue weighted by molar-refractivity contribution is 6.33. The standard InChI is InChI=1S/C17H14ClNO3/c1-11-2-5-14(13(18)8-11)19-17(20)7-4-12-3-6-15-16(9-12)22-10-21-15/h2-9H,10H2,1H3,(H,19,20)/b7-4+. The van der Waals surface area contributed by atoms with Crippen LogP contribution < -0.4 is 14.8 Å². The Kier molecular flexibility index (Phi) is 4.02. The Balaban J connectivity index is 1.68. The number of hydrogen-bond acceptors (Lipinski definition) is 3. The lowest BCUT2D eigenvalue weighted by atomic mass is 10.2. The van der Waals surface area contributed by atoms with Crippen molar-refractivity contribution in [1.29, 1.82) is 0 Å². The van der Waals surface area contributed by atoms with Crippen molar-refractivity contribution in [1.82, 2.24) is 0 Å². The van der Waals surface area contributed by atoms with E-state index >= 15 is 0 Å². The number of hydrogen-bond donors (Lipinski definition) is 1. The zero-order chi connectivity index (χ0) is 15.5. The Morgan fingerprint density at radius 3 is 2.82 bits per heavy atom. The van der Waals surface area contributed by atoms with Gasteiger partial charge in [-0.15, -0.1) is 0 Å². The molecular formula is C17H14ClNO3. The van der Waals surface area contributed by atoms with Crippen LogP contribution >= 0.6 is 11.6 Å². The first kappa shape index (κ1) is 14.5. The number of nitrogens with one attached hydrogen (secondary N) is 1. The third kappa shape index (κ3) is 3.23. The highest BCUT2D eigenvalue weighted by Crippen LogP contribution is 2.32. The molecule has 4 nitrogen and oxygen atoms in total. The molecule has 0 saturated heterocycles. The number of carbonyl (C=O) groups excluding carboxylic acids is 1. The van der Waals surface area contributed by atoms with Gasteiger partial charge in [-0.3, -0.25) is 4.79 Å². The van der Waals surface area contributed by atoms with Gasteiger partial charge < -0.3 is 14.8 Å². The van der Waals surface area contributed by atoms with E-state index in [0.717, 1.165) is 11.1 Å². The first-order valence-corrected chi connectivity index (χ1v) is 7.14. The maximum atomic E-state index is 11.9. The Hall–Kier alpha value is -2.46. The van der Waals surface area contributed by atoms with Gasteiger partial charge in [0.05, 0.1) is 10.7 Å². The van der Waals surface area contributed by atoms with E-state index in [4.69, 9.17) is 21.1 Å². The summed E-state index contributed by atoms with van der Waals surface area (Å²) in [6.07, 6.45) is 3.16. The number of amides is 1. The summed E-state index contributed by atoms with van der Waals surface area (Å²) >= 11 is 6.09. The summed E-state index contributed by atoms with van der Waals surface area (Å²) in [5.74, 6) is 1.15. The van der Waals surface area contributed by atoms with E-state index in [-0.39, 0.29) is 12.7 Å². The summed E-state index contributed by atoms with van der Waals surface area (Å²) in [5.41, 5.74) is 2.49. The minimum absolute atomic E-state index is 0.231. The number of ether oxygens (including phenoxy) is 2. The molecule has 0 radical (unpaired) electrons. The average Bonchev–Trinajstić information content (AvgIpc) is 2.95. The quantitative estimate of drug-likeness (QED) is 0.870. The SMILES string of the molecule is Cc1ccc(NC(=O)/C=C/c2ccc3c(c2)OCO3)c(Cl)c1. The summed E-state index contributed by atoms with van der Waals surface area (Å²) < 4.78 is 10.5. The molecule has 1 N–H and O–H groups in total. The van der Waals surface area contributed by atoms with Gasteiger partial charge in [-0.1, -0.05) is 23.7 Å². The van der Waals surface area contributed by atoms with E-state index in [1.807, 2.05) is 31.2 Å². The highest BCUT2D eigenvalue weighted by Gasteiger charge is 2.12. The van der Waals surface area contributed by atoms with E-state index in [1.165, 1.54) is 6.08 Å². The van der Waals surface area contributed by atoms with Gasteiger partial charge in [0.25, 0.3) is 0 Å². The monoisotopic (exact) mass is 315 g/mol. The van der Waals surface area contributed by atoms with Crippen molar-refractivity contribution in [2.24, 2.45) is 0 Å². The molecule has 0 unspecified atom stereocenters. The lowest BCUT2D eigenvalue weighted by Gasteiger charge is -2.05. The van der Waals surface area contributed by atoms with Crippen LogP contribution in [-0.2, 0) is 4.79 Å². The van der Waals surface area contributed by atoms with Crippen LogP contribution in [0.5, 0.6) is 11.5 Å². The van der Waals surface area contributed by atoms with Gasteiger partial charge >= 0.3 is 0 Å². The second-order valence-electron chi connectivity index (χ2n) is 4.92. The van der Waals surface area contributed by atoms with Crippen LogP contribution in [0.4, 0.5) is 5.69 Å². The largest absolute Gasteiger partial charge is 0.454 e. The molecule has 0 aromatic heterocycles. The van der Waals surface area contributed by atoms with Crippen molar-refractivity contribution in [2.75, 3.05) is 12.1 Å². The molecule has 1 aliphatic heterocycles. The molecule has 1 aliphatic rings. The van der Waals surface area contributed by atoms with Crippen LogP contribution in [0.3, 0.4) is 0 Å². The lowest BCUT2D eigenvalue weighted by molar-refractivity contribution is -0.111. The van der Waals surface area contributed by atoms with Crippen LogP contribution in [-0.4, -0.2) is 12.7 Å². The van der Waals surface area contributed by atoms with Gasteiger partial charge in [0.2, 0.25) is 12.7 Å². The number of aryl methyl sites for hydroxylation is 1. The minimum atomic E-state index is -0.247. The summed E-state index contributed by atoms with van der Waals surface area (Å²) in [6, 6.07) is 11.0. The van der Waals surface area contributed by atoms with Gasteiger partial charge in [0, 0.05) is 6.08 Å². The predicted molar refractivity (Wildman–Crippen MR) is 86.4 cm³/mol. The van der Waals surface area contributed by atoms with E-state index in [1.54, 1.807) is 18.2 Å². The third-order valence-electron chi connectivity index (χ3n) is 3.21. The van der Waals surface area contributed by atoms with Gasteiger partial charge in [0.1, 0.15) is 0 Å². The first-order chi connectivity index (χ1) is 10.6. The molecule has 2 aromatic rings. The summed E-state index contributed by atoms with van der Waals surface area (Å²) in [4.78, 5) is 11.9. The van der Waals surface area contributed by atoms with Crippen LogP contribution in [0.25, 0.3) is 6.08 Å². The number of halogens is 1. The summed E-state index contributed by atoms with van der Waals surface area (Å²) in [5, 5.41) is 3.26. The molecule has 0 saturated carbocycles. The van der Waals surface area contributed by atoms with Crippen molar-refractivity contribution >= 4 is 29.3 Å². The number of fused-ring (bicyclic) bond motifs is 1. The van der Waals surface area contributed by atoms with Crippen molar-refractivity contribution in [3.05, 3.63) is 58.6 Å². The molecule has 0 aliphatic carbocycles. The topological polar surface area (TPSA) is 47.6 Å². The van der Waals surface area contributed by atoms with Crippen LogP contribution in [0.2, 0.25) is 5.02 Å². The maximum absolute atomic E-state index is 11.9. The lowest BCUT2D eigenvalue weighted by Crippen LogP contribution is -2.08. The summed E-state index contributed by atoms with van der Waals surface area (Å²) in [7, 11) is 0. The third-order valence-corrected chi connectivity index (χ3v) is 3.52. The van der Waals surface area contributed by atoms with Crippen LogP contribution in [0.1, 0.15) is 11.1 Å². The molecule has 0 atom stereocenters. The molecule has 3 rings (SSSR count). The van der Waals surface area contributed by atoms with Crippen molar-refractivity contribution in [3.8, 4) is 11.5 Å². The molecule has 22 heavy (non-hydrogen) atoms. The van der Waals surface area contributed by atoms with Gasteiger partial charge in [-0.2, -0.15) is 0 Å². The highest BCUT2D eigenvalue weighted by atomic mass is 35.5. The molecule has 112 valence electrons.